The molecule has 1 aromatic heterocycles. The number of aromatic nitrogens is 4. The molecule has 0 aliphatic carbocycles. The number of nitrogens with zero attached hydrogens (tertiary/aromatic N) is 5. The molecule has 2 amide bonds. The fraction of sp³-hybridized carbons (Fsp3) is 0.321. The average molecular weight is 676 g/mol. The lowest BCUT2D eigenvalue weighted by Crippen LogP contribution is -2.71. The number of β-lactam (4-membered cyclic amide) rings is 1. The Morgan fingerprint density at radius 3 is 2.49 bits per heavy atom. The molecule has 0 saturated carbocycles. The number of rotatable bonds is 12. The van der Waals surface area contributed by atoms with Gasteiger partial charge in [-0.25, -0.2) is 9.48 Å². The first kappa shape index (κ1) is 33.9. The molecule has 3 aromatic rings. The van der Waals surface area contributed by atoms with Crippen LogP contribution in [0.25, 0.3) is 0 Å². The summed E-state index contributed by atoms with van der Waals surface area (Å²) >= 11 is 2.61. The van der Waals surface area contributed by atoms with Gasteiger partial charge in [0.1, 0.15) is 23.2 Å². The number of aliphatic hydroxyl groups excluding tert-OH is 1. The molecular formula is C28H30ClN7O7S2. The second-order valence-electron chi connectivity index (χ2n) is 9.84. The Labute approximate surface area is 272 Å². The molecule has 1 fully saturated rings. The minimum Gasteiger partial charge on any atom is -0.427 e. The molecule has 2 aromatic carbocycles. The number of fused-ring (bicyclic) bond motifs is 1. The summed E-state index contributed by atoms with van der Waals surface area (Å²) in [5.41, 5.74) is 7.74. The number of tetrazole rings is 1. The molecule has 0 radical (unpaired) electrons. The maximum Gasteiger partial charge on any atom is 0.357 e. The number of halogens is 1. The normalized spacial score (nSPS) is 18.6. The number of esters is 2. The molecular weight excluding hydrogens is 646 g/mol. The number of hydrogen-bond acceptors (Lipinski definition) is 13. The van der Waals surface area contributed by atoms with Gasteiger partial charge in [-0.15, -0.1) is 29.3 Å². The van der Waals surface area contributed by atoms with E-state index in [1.165, 1.54) is 33.1 Å². The van der Waals surface area contributed by atoms with Gasteiger partial charge in [0, 0.05) is 18.6 Å². The Morgan fingerprint density at radius 1 is 1.13 bits per heavy atom. The Bertz CT molecular complexity index is 1560. The van der Waals surface area contributed by atoms with Crippen LogP contribution in [0.3, 0.4) is 0 Å². The molecule has 1 saturated heterocycles. The molecule has 5 rings (SSSR count). The first-order chi connectivity index (χ1) is 21.2. The highest BCUT2D eigenvalue weighted by Gasteiger charge is 2.54. The number of nitrogens with two attached hydrogens (primary N) is 1. The number of carbonyl (C=O) groups is 4. The zero-order valence-electron chi connectivity index (χ0n) is 23.8. The van der Waals surface area contributed by atoms with E-state index in [0.717, 1.165) is 5.56 Å². The van der Waals surface area contributed by atoms with E-state index in [4.69, 9.17) is 15.2 Å². The highest BCUT2D eigenvalue weighted by atomic mass is 35.5. The quantitative estimate of drug-likeness (QED) is 0.105. The van der Waals surface area contributed by atoms with Crippen molar-refractivity contribution in [3.05, 3.63) is 83.1 Å². The largest absolute Gasteiger partial charge is 0.427 e. The molecule has 2 aliphatic heterocycles. The zero-order valence-corrected chi connectivity index (χ0v) is 26.3. The Balaban J connectivity index is 0.00000461. The van der Waals surface area contributed by atoms with Crippen molar-refractivity contribution in [3.8, 4) is 0 Å². The Kier molecular flexibility index (Phi) is 11.6. The number of amides is 2. The highest BCUT2D eigenvalue weighted by molar-refractivity contribution is 8.01. The molecule has 4 atom stereocenters. The van der Waals surface area contributed by atoms with Crippen molar-refractivity contribution in [3.63, 3.8) is 0 Å². The van der Waals surface area contributed by atoms with Crippen LogP contribution in [0.4, 0.5) is 0 Å². The first-order valence-corrected chi connectivity index (χ1v) is 15.5. The van der Waals surface area contributed by atoms with Gasteiger partial charge in [0.15, 0.2) is 6.10 Å². The van der Waals surface area contributed by atoms with E-state index < -0.39 is 54.1 Å². The number of nitrogens with one attached hydrogen (secondary N) is 1. The fourth-order valence-corrected chi connectivity index (χ4v) is 6.90. The maximum atomic E-state index is 13.3. The van der Waals surface area contributed by atoms with Crippen LogP contribution in [-0.4, -0.2) is 89.7 Å². The van der Waals surface area contributed by atoms with Crippen molar-refractivity contribution in [2.75, 3.05) is 18.3 Å². The lowest BCUT2D eigenvalue weighted by molar-refractivity contribution is -0.169. The maximum absolute atomic E-state index is 13.3. The molecule has 0 unspecified atom stereocenters. The van der Waals surface area contributed by atoms with E-state index in [2.05, 4.69) is 20.8 Å². The van der Waals surface area contributed by atoms with Gasteiger partial charge >= 0.3 is 11.9 Å². The summed E-state index contributed by atoms with van der Waals surface area (Å²) < 4.78 is 11.8. The number of aryl methyl sites for hydroxylation is 1. The lowest BCUT2D eigenvalue weighted by Gasteiger charge is -2.49. The number of benzene rings is 2. The minimum atomic E-state index is -1.47. The number of thioether (sulfide) groups is 2. The summed E-state index contributed by atoms with van der Waals surface area (Å²) in [6.07, 6.45) is -1.23. The van der Waals surface area contributed by atoms with E-state index in [1.54, 1.807) is 37.4 Å². The minimum absolute atomic E-state index is 0. The van der Waals surface area contributed by atoms with E-state index in [-0.39, 0.29) is 30.3 Å². The summed E-state index contributed by atoms with van der Waals surface area (Å²) in [5.74, 6) is -2.34. The van der Waals surface area contributed by atoms with Crippen LogP contribution in [0.5, 0.6) is 0 Å². The van der Waals surface area contributed by atoms with Crippen LogP contribution in [0, 0.1) is 0 Å². The van der Waals surface area contributed by atoms with Crippen LogP contribution >= 0.6 is 35.9 Å². The average Bonchev–Trinajstić information content (AvgIpc) is 3.46. The second kappa shape index (κ2) is 15.4. The third-order valence-corrected chi connectivity index (χ3v) is 9.29. The monoisotopic (exact) mass is 675 g/mol. The molecule has 4 N–H and O–H groups in total. The summed E-state index contributed by atoms with van der Waals surface area (Å²) in [6.45, 7) is -0.708. The third kappa shape index (κ3) is 7.83. The molecule has 238 valence electrons. The first-order valence-electron chi connectivity index (χ1n) is 13.4. The van der Waals surface area contributed by atoms with E-state index >= 15 is 0 Å². The molecule has 17 heteroatoms. The highest BCUT2D eigenvalue weighted by Crippen LogP contribution is 2.42. The second-order valence-corrected chi connectivity index (χ2v) is 11.9. The fourth-order valence-electron chi connectivity index (χ4n) is 4.56. The van der Waals surface area contributed by atoms with Crippen LogP contribution in [0.1, 0.15) is 17.2 Å². The van der Waals surface area contributed by atoms with Crippen molar-refractivity contribution in [2.45, 2.75) is 35.1 Å². The van der Waals surface area contributed by atoms with Crippen molar-refractivity contribution < 1.29 is 33.8 Å². The Hall–Kier alpha value is -3.96. The van der Waals surface area contributed by atoms with Gasteiger partial charge in [-0.3, -0.25) is 19.3 Å². The number of ether oxygens (including phenoxy) is 2. The van der Waals surface area contributed by atoms with Crippen molar-refractivity contribution >= 4 is 59.7 Å². The van der Waals surface area contributed by atoms with E-state index in [9.17, 15) is 24.3 Å². The molecule has 3 heterocycles. The predicted molar refractivity (Wildman–Crippen MR) is 165 cm³/mol. The van der Waals surface area contributed by atoms with Crippen LogP contribution in [0.15, 0.2) is 77.1 Å². The summed E-state index contributed by atoms with van der Waals surface area (Å²) in [5, 5.41) is 24.3. The molecule has 14 nitrogen and oxygen atoms in total. The van der Waals surface area contributed by atoms with Crippen molar-refractivity contribution in [1.82, 2.24) is 30.4 Å². The smallest absolute Gasteiger partial charge is 0.357 e. The number of hydrogen-bond donors (Lipinski definition) is 3. The topological polar surface area (TPSA) is 192 Å². The predicted octanol–water partition coefficient (Wildman–Crippen LogP) is 0.726. The van der Waals surface area contributed by atoms with Gasteiger partial charge in [-0.05, 0) is 33.5 Å². The van der Waals surface area contributed by atoms with Crippen LogP contribution < -0.4 is 11.1 Å². The third-order valence-electron chi connectivity index (χ3n) is 6.85. The summed E-state index contributed by atoms with van der Waals surface area (Å²) in [7, 11) is 1.67. The summed E-state index contributed by atoms with van der Waals surface area (Å²) in [4.78, 5) is 53.1. The van der Waals surface area contributed by atoms with Gasteiger partial charge in [0.05, 0.1) is 0 Å². The van der Waals surface area contributed by atoms with E-state index in [0.29, 0.717) is 22.0 Å². The summed E-state index contributed by atoms with van der Waals surface area (Å²) in [6, 6.07) is 15.5. The van der Waals surface area contributed by atoms with E-state index in [1.807, 2.05) is 30.3 Å². The SMILES string of the molecule is Cl.Cn1nnnc1SCC1=C(C(=O)OCOC(=O)[C@@H](N)Cc2ccccc2)N2C(=O)[C@@H](NC(=O)[C@H](O)c3ccccc3)[C@H]2SC1. The molecule has 2 aliphatic rings. The van der Waals surface area contributed by atoms with Crippen molar-refractivity contribution in [2.24, 2.45) is 12.8 Å². The number of carbonyl (C=O) groups excluding carboxylic acids is 4. The van der Waals surface area contributed by atoms with Gasteiger partial charge in [0.2, 0.25) is 11.9 Å². The van der Waals surface area contributed by atoms with Gasteiger partial charge in [0.25, 0.3) is 11.8 Å². The molecule has 0 bridgehead atoms. The molecule has 0 spiro atoms. The van der Waals surface area contributed by atoms with Crippen LogP contribution in [-0.2, 0) is 42.1 Å². The van der Waals surface area contributed by atoms with Crippen molar-refractivity contribution in [1.29, 1.82) is 0 Å². The van der Waals surface area contributed by atoms with Gasteiger partial charge in [-0.1, -0.05) is 72.4 Å². The lowest BCUT2D eigenvalue weighted by atomic mass is 10.0. The standard InChI is InChI=1S/C28H29N7O7S2.ClH/c1-34-28(31-32-33-34)44-14-18-13-43-25-20(30-23(37)22(36)17-10-6-3-7-11-17)24(38)35(25)21(18)27(40)42-15-41-26(39)19(29)12-16-8-4-2-5-9-16;/h2-11,19-20,22,25,36H,12-15,29H2,1H3,(H,30,37);1H/t19-,20+,22+,25+;/m0./s1. The van der Waals surface area contributed by atoms with Gasteiger partial charge in [-0.2, -0.15) is 0 Å². The zero-order chi connectivity index (χ0) is 31.2. The molecule has 45 heavy (non-hydrogen) atoms. The number of aliphatic hydroxyl groups is 1. The Morgan fingerprint density at radius 2 is 1.82 bits per heavy atom. The van der Waals surface area contributed by atoms with Gasteiger partial charge < -0.3 is 25.6 Å². The van der Waals surface area contributed by atoms with Crippen LogP contribution in [0.2, 0.25) is 0 Å².